The van der Waals surface area contributed by atoms with Crippen LogP contribution in [0.2, 0.25) is 0 Å². The number of carbonyl (C=O) groups is 2. The van der Waals surface area contributed by atoms with Crippen molar-refractivity contribution >= 4 is 29.4 Å². The van der Waals surface area contributed by atoms with Crippen LogP contribution in [0.5, 0.6) is 0 Å². The molecule has 1 aromatic rings. The fourth-order valence-electron chi connectivity index (χ4n) is 1.28. The number of carboxylic acid groups (broad SMARTS) is 1. The Balaban J connectivity index is 2.64. The van der Waals surface area contributed by atoms with E-state index in [0.29, 0.717) is 12.2 Å². The standard InChI is InChI=1S/C12H16N2O3S/c1-14(6-7-18-2)12(17)13-10-5-3-4-9(8-10)11(15)16/h3-5,8H,6-7H2,1-2H3,(H,13,17)(H,15,16). The molecular formula is C12H16N2O3S. The molecule has 0 atom stereocenters. The summed E-state index contributed by atoms with van der Waals surface area (Å²) in [7, 11) is 1.70. The number of thioether (sulfide) groups is 1. The maximum Gasteiger partial charge on any atom is 0.335 e. The molecule has 2 N–H and O–H groups in total. The number of aromatic carboxylic acids is 1. The Morgan fingerprint density at radius 3 is 2.78 bits per heavy atom. The van der Waals surface area contributed by atoms with Crippen LogP contribution in [0, 0.1) is 0 Å². The van der Waals surface area contributed by atoms with Gasteiger partial charge in [0.05, 0.1) is 5.56 Å². The number of carbonyl (C=O) groups excluding carboxylic acids is 1. The van der Waals surface area contributed by atoms with Gasteiger partial charge in [0.25, 0.3) is 0 Å². The van der Waals surface area contributed by atoms with Gasteiger partial charge in [-0.25, -0.2) is 9.59 Å². The molecular weight excluding hydrogens is 252 g/mol. The Hall–Kier alpha value is -1.69. The maximum atomic E-state index is 11.8. The zero-order valence-electron chi connectivity index (χ0n) is 10.3. The number of urea groups is 1. The first-order valence-corrected chi connectivity index (χ1v) is 6.78. The van der Waals surface area contributed by atoms with Gasteiger partial charge in [-0.3, -0.25) is 0 Å². The van der Waals surface area contributed by atoms with Gasteiger partial charge in [-0.1, -0.05) is 6.07 Å². The molecule has 98 valence electrons. The van der Waals surface area contributed by atoms with E-state index in [4.69, 9.17) is 5.11 Å². The van der Waals surface area contributed by atoms with E-state index in [-0.39, 0.29) is 11.6 Å². The number of hydrogen-bond donors (Lipinski definition) is 2. The van der Waals surface area contributed by atoms with Crippen molar-refractivity contribution in [2.45, 2.75) is 0 Å². The molecule has 0 aromatic heterocycles. The van der Waals surface area contributed by atoms with Crippen molar-refractivity contribution in [3.63, 3.8) is 0 Å². The number of benzene rings is 1. The summed E-state index contributed by atoms with van der Waals surface area (Å²) in [5.74, 6) is -0.152. The second-order valence-corrected chi connectivity index (χ2v) is 4.72. The molecule has 0 spiro atoms. The van der Waals surface area contributed by atoms with Gasteiger partial charge >= 0.3 is 12.0 Å². The van der Waals surface area contributed by atoms with Crippen LogP contribution in [0.4, 0.5) is 10.5 Å². The van der Waals surface area contributed by atoms with Crippen molar-refractivity contribution < 1.29 is 14.7 Å². The second kappa shape index (κ2) is 6.90. The van der Waals surface area contributed by atoms with Gasteiger partial charge in [0.15, 0.2) is 0 Å². The van der Waals surface area contributed by atoms with Gasteiger partial charge in [-0.2, -0.15) is 11.8 Å². The Morgan fingerprint density at radius 2 is 2.17 bits per heavy atom. The molecule has 0 aliphatic rings. The highest BCUT2D eigenvalue weighted by Gasteiger charge is 2.09. The molecule has 0 heterocycles. The first kappa shape index (κ1) is 14.4. The van der Waals surface area contributed by atoms with E-state index in [9.17, 15) is 9.59 Å². The van der Waals surface area contributed by atoms with E-state index in [0.717, 1.165) is 5.75 Å². The van der Waals surface area contributed by atoms with Gasteiger partial charge in [0.2, 0.25) is 0 Å². The minimum atomic E-state index is -1.01. The average Bonchev–Trinajstić information content (AvgIpc) is 2.36. The molecule has 5 nitrogen and oxygen atoms in total. The van der Waals surface area contributed by atoms with Crippen LogP contribution in [0.3, 0.4) is 0 Å². The fraction of sp³-hybridized carbons (Fsp3) is 0.333. The lowest BCUT2D eigenvalue weighted by Crippen LogP contribution is -2.33. The van der Waals surface area contributed by atoms with Crippen LogP contribution in [0.1, 0.15) is 10.4 Å². The minimum absolute atomic E-state index is 0.152. The molecule has 0 radical (unpaired) electrons. The van der Waals surface area contributed by atoms with Crippen molar-refractivity contribution in [1.82, 2.24) is 4.90 Å². The zero-order valence-corrected chi connectivity index (χ0v) is 11.2. The number of carboxylic acids is 1. The van der Waals surface area contributed by atoms with E-state index in [1.165, 1.54) is 12.1 Å². The highest BCUT2D eigenvalue weighted by molar-refractivity contribution is 7.98. The summed E-state index contributed by atoms with van der Waals surface area (Å²) in [6, 6.07) is 5.93. The van der Waals surface area contributed by atoms with Crippen LogP contribution in [0.25, 0.3) is 0 Å². The smallest absolute Gasteiger partial charge is 0.335 e. The number of rotatable bonds is 5. The van der Waals surface area contributed by atoms with Gasteiger partial charge in [0, 0.05) is 25.0 Å². The minimum Gasteiger partial charge on any atom is -0.478 e. The Bertz CT molecular complexity index is 437. The molecule has 1 rings (SSSR count). The highest BCUT2D eigenvalue weighted by atomic mass is 32.2. The summed E-state index contributed by atoms with van der Waals surface area (Å²) in [6.45, 7) is 0.644. The van der Waals surface area contributed by atoms with E-state index in [1.807, 2.05) is 6.26 Å². The summed E-state index contributed by atoms with van der Waals surface area (Å²) < 4.78 is 0. The average molecular weight is 268 g/mol. The van der Waals surface area contributed by atoms with Crippen LogP contribution in [-0.4, -0.2) is 47.6 Å². The van der Waals surface area contributed by atoms with Gasteiger partial charge in [-0.05, 0) is 24.5 Å². The normalized spacial score (nSPS) is 9.89. The first-order chi connectivity index (χ1) is 8.54. The van der Waals surface area contributed by atoms with Crippen molar-refractivity contribution in [1.29, 1.82) is 0 Å². The van der Waals surface area contributed by atoms with Crippen LogP contribution in [0.15, 0.2) is 24.3 Å². The quantitative estimate of drug-likeness (QED) is 0.859. The van der Waals surface area contributed by atoms with Crippen molar-refractivity contribution in [3.8, 4) is 0 Å². The van der Waals surface area contributed by atoms with E-state index >= 15 is 0 Å². The lowest BCUT2D eigenvalue weighted by molar-refractivity contribution is 0.0697. The van der Waals surface area contributed by atoms with Crippen LogP contribution in [-0.2, 0) is 0 Å². The molecule has 0 bridgehead atoms. The number of nitrogens with one attached hydrogen (secondary N) is 1. The highest BCUT2D eigenvalue weighted by Crippen LogP contribution is 2.11. The largest absolute Gasteiger partial charge is 0.478 e. The summed E-state index contributed by atoms with van der Waals surface area (Å²) in [5.41, 5.74) is 0.635. The molecule has 2 amide bonds. The Morgan fingerprint density at radius 1 is 1.44 bits per heavy atom. The van der Waals surface area contributed by atoms with Gasteiger partial charge in [0.1, 0.15) is 0 Å². The topological polar surface area (TPSA) is 69.6 Å². The predicted molar refractivity (Wildman–Crippen MR) is 73.4 cm³/mol. The van der Waals surface area contributed by atoms with Gasteiger partial charge in [-0.15, -0.1) is 0 Å². The summed E-state index contributed by atoms with van der Waals surface area (Å²) in [4.78, 5) is 24.1. The molecule has 18 heavy (non-hydrogen) atoms. The van der Waals surface area contributed by atoms with E-state index in [2.05, 4.69) is 5.32 Å². The third-order valence-electron chi connectivity index (χ3n) is 2.34. The molecule has 0 aliphatic heterocycles. The number of anilines is 1. The number of nitrogens with zero attached hydrogens (tertiary/aromatic N) is 1. The predicted octanol–water partition coefficient (Wildman–Crippen LogP) is 2.21. The first-order valence-electron chi connectivity index (χ1n) is 5.39. The molecule has 6 heteroatoms. The van der Waals surface area contributed by atoms with Gasteiger partial charge < -0.3 is 15.3 Å². The molecule has 0 saturated heterocycles. The van der Waals surface area contributed by atoms with E-state index in [1.54, 1.807) is 35.8 Å². The number of amides is 2. The Labute approximate surface area is 110 Å². The summed E-state index contributed by atoms with van der Waals surface area (Å²) >= 11 is 1.66. The molecule has 0 unspecified atom stereocenters. The van der Waals surface area contributed by atoms with Crippen LogP contribution < -0.4 is 5.32 Å². The third-order valence-corrected chi connectivity index (χ3v) is 2.93. The SMILES string of the molecule is CSCCN(C)C(=O)Nc1cccc(C(=O)O)c1. The Kier molecular flexibility index (Phi) is 5.51. The second-order valence-electron chi connectivity index (χ2n) is 3.73. The summed E-state index contributed by atoms with van der Waals surface area (Å²) in [5, 5.41) is 11.5. The fourth-order valence-corrected chi connectivity index (χ4v) is 1.74. The third kappa shape index (κ3) is 4.29. The van der Waals surface area contributed by atoms with Crippen molar-refractivity contribution in [3.05, 3.63) is 29.8 Å². The lowest BCUT2D eigenvalue weighted by atomic mass is 10.2. The van der Waals surface area contributed by atoms with Crippen molar-refractivity contribution in [2.75, 3.05) is 30.9 Å². The van der Waals surface area contributed by atoms with Crippen molar-refractivity contribution in [2.24, 2.45) is 0 Å². The molecule has 0 saturated carbocycles. The maximum absolute atomic E-state index is 11.8. The number of hydrogen-bond acceptors (Lipinski definition) is 3. The monoisotopic (exact) mass is 268 g/mol. The van der Waals surface area contributed by atoms with Crippen LogP contribution >= 0.6 is 11.8 Å². The van der Waals surface area contributed by atoms with E-state index < -0.39 is 5.97 Å². The zero-order chi connectivity index (χ0) is 13.5. The molecule has 0 fully saturated rings. The molecule has 0 aliphatic carbocycles. The lowest BCUT2D eigenvalue weighted by Gasteiger charge is -2.17. The molecule has 1 aromatic carbocycles. The summed E-state index contributed by atoms with van der Waals surface area (Å²) in [6.07, 6.45) is 1.97.